The lowest BCUT2D eigenvalue weighted by Gasteiger charge is -2.18. The second-order valence-electron chi connectivity index (χ2n) is 5.00. The van der Waals surface area contributed by atoms with E-state index in [4.69, 9.17) is 15.6 Å². The summed E-state index contributed by atoms with van der Waals surface area (Å²) in [5, 5.41) is 28.8. The number of nitrogens with zero attached hydrogens (tertiary/aromatic N) is 4. The van der Waals surface area contributed by atoms with Crippen LogP contribution in [0.3, 0.4) is 0 Å². The van der Waals surface area contributed by atoms with Crippen LogP contribution in [-0.4, -0.2) is 60.3 Å². The number of hydrogen-bond donors (Lipinski definition) is 4. The summed E-state index contributed by atoms with van der Waals surface area (Å²) < 4.78 is 7.33. The van der Waals surface area contributed by atoms with Crippen LogP contribution in [0.5, 0.6) is 0 Å². The van der Waals surface area contributed by atoms with Crippen LogP contribution in [0.4, 0.5) is 5.82 Å². The van der Waals surface area contributed by atoms with E-state index in [1.54, 1.807) is 4.57 Å². The number of hydrogen-bond acceptors (Lipinski definition) is 8. The van der Waals surface area contributed by atoms with Gasteiger partial charge in [-0.25, -0.2) is 15.0 Å². The van der Waals surface area contributed by atoms with E-state index in [0.29, 0.717) is 17.6 Å². The maximum absolute atomic E-state index is 10.4. The van der Waals surface area contributed by atoms with Crippen molar-refractivity contribution in [1.82, 2.24) is 19.5 Å². The normalized spacial score (nSPS) is 29.3. The number of aliphatic hydroxyl groups excluding tert-OH is 3. The number of nitrogen functional groups attached to an aromatic ring is 1. The van der Waals surface area contributed by atoms with Gasteiger partial charge in [0, 0.05) is 12.5 Å². The smallest absolute Gasteiger partial charge is 0.183 e. The molecule has 2 aromatic rings. The van der Waals surface area contributed by atoms with Crippen molar-refractivity contribution in [2.45, 2.75) is 24.9 Å². The maximum Gasteiger partial charge on any atom is 0.183 e. The second-order valence-corrected chi connectivity index (χ2v) is 5.00. The van der Waals surface area contributed by atoms with Crippen molar-refractivity contribution >= 4 is 17.0 Å². The molecule has 9 nitrogen and oxygen atoms in total. The van der Waals surface area contributed by atoms with Gasteiger partial charge in [-0.2, -0.15) is 0 Å². The molecule has 0 radical (unpaired) electrons. The molecule has 0 amide bonds. The van der Waals surface area contributed by atoms with E-state index < -0.39 is 24.4 Å². The molecule has 0 spiro atoms. The predicted octanol–water partition coefficient (Wildman–Crippen LogP) is -1.34. The van der Waals surface area contributed by atoms with Gasteiger partial charge in [0.05, 0.1) is 12.7 Å². The van der Waals surface area contributed by atoms with Crippen LogP contribution >= 0.6 is 0 Å². The Bertz CT molecular complexity index is 633. The molecule has 4 atom stereocenters. The average molecular weight is 295 g/mol. The van der Waals surface area contributed by atoms with Gasteiger partial charge in [0.1, 0.15) is 24.3 Å². The molecular formula is C12H17N5O4. The summed E-state index contributed by atoms with van der Waals surface area (Å²) in [6.45, 7) is -0.322. The van der Waals surface area contributed by atoms with E-state index in [-0.39, 0.29) is 19.0 Å². The van der Waals surface area contributed by atoms with Crippen molar-refractivity contribution < 1.29 is 20.1 Å². The molecule has 1 fully saturated rings. The zero-order valence-electron chi connectivity index (χ0n) is 11.2. The molecule has 21 heavy (non-hydrogen) atoms. The second kappa shape index (κ2) is 5.53. The monoisotopic (exact) mass is 295 g/mol. The Balaban J connectivity index is 1.99. The molecule has 1 saturated heterocycles. The summed E-state index contributed by atoms with van der Waals surface area (Å²) in [5.74, 6) is -0.245. The highest BCUT2D eigenvalue weighted by atomic mass is 16.5. The lowest BCUT2D eigenvalue weighted by Crippen LogP contribution is -2.29. The molecule has 0 saturated carbocycles. The van der Waals surface area contributed by atoms with Crippen molar-refractivity contribution in [2.75, 3.05) is 18.9 Å². The number of ether oxygens (including phenoxy) is 1. The number of nitrogens with two attached hydrogens (primary N) is 1. The zero-order chi connectivity index (χ0) is 15.0. The minimum Gasteiger partial charge on any atom is -0.396 e. The summed E-state index contributed by atoms with van der Waals surface area (Å²) in [6.07, 6.45) is 0.979. The molecule has 1 aliphatic heterocycles. The number of rotatable bonds is 4. The predicted molar refractivity (Wildman–Crippen MR) is 71.9 cm³/mol. The van der Waals surface area contributed by atoms with Gasteiger partial charge >= 0.3 is 0 Å². The van der Waals surface area contributed by atoms with Crippen LogP contribution in [0.25, 0.3) is 11.2 Å². The Labute approximate surface area is 120 Å². The maximum atomic E-state index is 10.4. The Kier molecular flexibility index (Phi) is 3.72. The topological polar surface area (TPSA) is 140 Å². The van der Waals surface area contributed by atoms with Crippen molar-refractivity contribution in [1.29, 1.82) is 0 Å². The quantitative estimate of drug-likeness (QED) is 0.543. The Morgan fingerprint density at radius 2 is 2.10 bits per heavy atom. The molecule has 1 aliphatic rings. The summed E-state index contributed by atoms with van der Waals surface area (Å²) in [6, 6.07) is 0. The summed E-state index contributed by atoms with van der Waals surface area (Å²) >= 11 is 0. The van der Waals surface area contributed by atoms with Gasteiger partial charge in [0.2, 0.25) is 0 Å². The van der Waals surface area contributed by atoms with Crippen LogP contribution in [0.1, 0.15) is 12.6 Å². The first-order valence-electron chi connectivity index (χ1n) is 6.65. The van der Waals surface area contributed by atoms with Crippen molar-refractivity contribution in [3.63, 3.8) is 0 Å². The summed E-state index contributed by atoms with van der Waals surface area (Å²) in [7, 11) is 0. The first-order chi connectivity index (χ1) is 10.2. The van der Waals surface area contributed by atoms with E-state index in [0.717, 1.165) is 0 Å². The molecule has 5 N–H and O–H groups in total. The minimum absolute atomic E-state index is 0.0868. The van der Waals surface area contributed by atoms with E-state index in [1.165, 1.54) is 12.7 Å². The number of aliphatic hydroxyl groups is 3. The molecule has 0 bridgehead atoms. The lowest BCUT2D eigenvalue weighted by atomic mass is 9.97. The van der Waals surface area contributed by atoms with E-state index >= 15 is 0 Å². The molecule has 0 aliphatic carbocycles. The highest BCUT2D eigenvalue weighted by molar-refractivity contribution is 5.81. The zero-order valence-corrected chi connectivity index (χ0v) is 11.2. The fourth-order valence-electron chi connectivity index (χ4n) is 2.75. The molecule has 0 aromatic carbocycles. The molecule has 3 heterocycles. The molecule has 114 valence electrons. The van der Waals surface area contributed by atoms with Crippen molar-refractivity contribution in [2.24, 2.45) is 5.92 Å². The molecule has 2 aromatic heterocycles. The first kappa shape index (κ1) is 14.1. The van der Waals surface area contributed by atoms with Crippen LogP contribution in [0.15, 0.2) is 12.7 Å². The Morgan fingerprint density at radius 3 is 2.81 bits per heavy atom. The Morgan fingerprint density at radius 1 is 1.29 bits per heavy atom. The third-order valence-corrected chi connectivity index (χ3v) is 3.82. The number of imidazole rings is 1. The van der Waals surface area contributed by atoms with Crippen LogP contribution in [0.2, 0.25) is 0 Å². The van der Waals surface area contributed by atoms with E-state index in [9.17, 15) is 10.2 Å². The molecule has 3 rings (SSSR count). The van der Waals surface area contributed by atoms with Gasteiger partial charge in [0.15, 0.2) is 17.7 Å². The fourth-order valence-corrected chi connectivity index (χ4v) is 2.75. The highest BCUT2D eigenvalue weighted by Crippen LogP contribution is 2.37. The number of fused-ring (bicyclic) bond motifs is 1. The third-order valence-electron chi connectivity index (χ3n) is 3.82. The van der Waals surface area contributed by atoms with Crippen LogP contribution < -0.4 is 5.73 Å². The van der Waals surface area contributed by atoms with Gasteiger partial charge in [-0.15, -0.1) is 0 Å². The lowest BCUT2D eigenvalue weighted by molar-refractivity contribution is -0.0399. The van der Waals surface area contributed by atoms with E-state index in [1.807, 2.05) is 0 Å². The molecular weight excluding hydrogens is 278 g/mol. The highest BCUT2D eigenvalue weighted by Gasteiger charge is 2.44. The van der Waals surface area contributed by atoms with Crippen molar-refractivity contribution in [3.05, 3.63) is 12.7 Å². The summed E-state index contributed by atoms with van der Waals surface area (Å²) in [5.41, 5.74) is 6.72. The minimum atomic E-state index is -0.941. The summed E-state index contributed by atoms with van der Waals surface area (Å²) in [4.78, 5) is 12.0. The Hall–Kier alpha value is -1.81. The third kappa shape index (κ3) is 2.23. The van der Waals surface area contributed by atoms with Crippen molar-refractivity contribution in [3.8, 4) is 0 Å². The average Bonchev–Trinajstić information content (AvgIpc) is 3.02. The first-order valence-corrected chi connectivity index (χ1v) is 6.65. The van der Waals surface area contributed by atoms with Gasteiger partial charge in [-0.05, 0) is 6.42 Å². The van der Waals surface area contributed by atoms with Gasteiger partial charge < -0.3 is 25.8 Å². The van der Waals surface area contributed by atoms with Crippen LogP contribution in [0, 0.1) is 5.92 Å². The van der Waals surface area contributed by atoms with E-state index in [2.05, 4.69) is 15.0 Å². The van der Waals surface area contributed by atoms with Gasteiger partial charge in [0.25, 0.3) is 0 Å². The van der Waals surface area contributed by atoms with Crippen LogP contribution in [-0.2, 0) is 4.74 Å². The standard InChI is InChI=1S/C12H17N5O4/c13-10-8-11(15-4-14-10)16-5-17(8)12-9(20)6(3-19)7(21-12)1-2-18/h4-7,9,12,18-20H,1-3H2,(H2,13,14,15)/t6-,7-,9-,12-/m1/s1. The molecule has 0 unspecified atom stereocenters. The van der Waals surface area contributed by atoms with Gasteiger partial charge in [-0.3, -0.25) is 4.57 Å². The fraction of sp³-hybridized carbons (Fsp3) is 0.583. The SMILES string of the molecule is Nc1ncnc2ncn([C@@H]3O[C@H](CCO)[C@@H](CO)[C@H]3O)c12. The number of anilines is 1. The number of aromatic nitrogens is 4. The van der Waals surface area contributed by atoms with Gasteiger partial charge in [-0.1, -0.05) is 0 Å². The molecule has 9 heteroatoms. The largest absolute Gasteiger partial charge is 0.396 e.